The molecule has 0 aliphatic heterocycles. The monoisotopic (exact) mass is 210 g/mol. The van der Waals surface area contributed by atoms with Crippen LogP contribution in [0, 0.1) is 20.8 Å². The number of hydrogen-bond donors (Lipinski definition) is 1. The summed E-state index contributed by atoms with van der Waals surface area (Å²) in [6, 6.07) is 3.95. The summed E-state index contributed by atoms with van der Waals surface area (Å²) in [4.78, 5) is 0. The van der Waals surface area contributed by atoms with Crippen LogP contribution >= 0.6 is 0 Å². The van der Waals surface area contributed by atoms with E-state index in [1.54, 1.807) is 0 Å². The molecule has 15 heavy (non-hydrogen) atoms. The van der Waals surface area contributed by atoms with Crippen molar-refractivity contribution in [2.45, 2.75) is 34.6 Å². The van der Waals surface area contributed by atoms with Crippen LogP contribution in [0.1, 0.15) is 30.5 Å². The van der Waals surface area contributed by atoms with E-state index in [0.717, 1.165) is 29.9 Å². The van der Waals surface area contributed by atoms with Crippen LogP contribution in [0.2, 0.25) is 0 Å². The van der Waals surface area contributed by atoms with Crippen molar-refractivity contribution in [1.82, 2.24) is 0 Å². The van der Waals surface area contributed by atoms with E-state index >= 15 is 0 Å². The van der Waals surface area contributed by atoms with Crippen molar-refractivity contribution >= 4 is 0 Å². The summed E-state index contributed by atoms with van der Waals surface area (Å²) in [6.07, 6.45) is 0. The van der Waals surface area contributed by atoms with Gasteiger partial charge in [0, 0.05) is 13.2 Å². The topological polar surface area (TPSA) is 29.5 Å². The Morgan fingerprint density at radius 2 is 1.47 bits per heavy atom. The highest BCUT2D eigenvalue weighted by atomic mass is 16.5. The van der Waals surface area contributed by atoms with Crippen LogP contribution in [0.4, 0.5) is 0 Å². The first-order chi connectivity index (χ1) is 7.04. The minimum atomic E-state index is 0.431. The van der Waals surface area contributed by atoms with Gasteiger partial charge in [-0.05, 0) is 51.3 Å². The molecule has 0 spiro atoms. The Balaban J connectivity index is 0.000000336. The van der Waals surface area contributed by atoms with Crippen molar-refractivity contribution in [1.29, 1.82) is 0 Å². The maximum atomic E-state index is 9.39. The van der Waals surface area contributed by atoms with Gasteiger partial charge in [0.2, 0.25) is 0 Å². The van der Waals surface area contributed by atoms with Gasteiger partial charge in [-0.1, -0.05) is 12.1 Å². The standard InChI is InChI=1S/C9H12O.C4H10O/c1-6-4-5-7(2)9(10)8(6)3;1-3-5-4-2/h4-5,10H,1-3H3;3-4H2,1-2H3. The Kier molecular flexibility index (Phi) is 6.80. The van der Waals surface area contributed by atoms with Crippen molar-refractivity contribution in [3.63, 3.8) is 0 Å². The third-order valence-corrected chi connectivity index (χ3v) is 2.31. The van der Waals surface area contributed by atoms with Gasteiger partial charge in [-0.15, -0.1) is 0 Å². The molecular formula is C13H22O2. The Labute approximate surface area is 92.9 Å². The minimum absolute atomic E-state index is 0.431. The molecule has 0 amide bonds. The first-order valence-corrected chi connectivity index (χ1v) is 5.38. The Morgan fingerprint density at radius 1 is 1.00 bits per heavy atom. The minimum Gasteiger partial charge on any atom is -0.507 e. The summed E-state index contributed by atoms with van der Waals surface area (Å²) in [6.45, 7) is 11.5. The van der Waals surface area contributed by atoms with Crippen LogP contribution in [0.3, 0.4) is 0 Å². The zero-order valence-electron chi connectivity index (χ0n) is 10.4. The van der Waals surface area contributed by atoms with Crippen LogP contribution in [0.5, 0.6) is 5.75 Å². The second-order valence-corrected chi connectivity index (χ2v) is 3.45. The molecule has 86 valence electrons. The fourth-order valence-electron chi connectivity index (χ4n) is 1.14. The van der Waals surface area contributed by atoms with Gasteiger partial charge < -0.3 is 9.84 Å². The van der Waals surface area contributed by atoms with E-state index in [9.17, 15) is 5.11 Å². The van der Waals surface area contributed by atoms with Gasteiger partial charge in [0.15, 0.2) is 0 Å². The number of benzene rings is 1. The number of phenols is 1. The molecule has 0 saturated carbocycles. The molecule has 2 heteroatoms. The lowest BCUT2D eigenvalue weighted by atomic mass is 10.1. The van der Waals surface area contributed by atoms with E-state index < -0.39 is 0 Å². The van der Waals surface area contributed by atoms with Gasteiger partial charge in [0.1, 0.15) is 5.75 Å². The smallest absolute Gasteiger partial charge is 0.121 e. The number of aromatic hydroxyl groups is 1. The van der Waals surface area contributed by atoms with E-state index in [4.69, 9.17) is 4.74 Å². The highest BCUT2D eigenvalue weighted by Gasteiger charge is 2.00. The first-order valence-electron chi connectivity index (χ1n) is 5.38. The molecule has 1 aromatic rings. The van der Waals surface area contributed by atoms with Crippen LogP contribution in [0.25, 0.3) is 0 Å². The number of ether oxygens (including phenoxy) is 1. The zero-order valence-corrected chi connectivity index (χ0v) is 10.4. The molecule has 1 aromatic carbocycles. The van der Waals surface area contributed by atoms with E-state index in [1.807, 2.05) is 46.8 Å². The number of hydrogen-bond acceptors (Lipinski definition) is 2. The maximum Gasteiger partial charge on any atom is 0.121 e. The molecule has 0 aliphatic carbocycles. The second-order valence-electron chi connectivity index (χ2n) is 3.45. The summed E-state index contributed by atoms with van der Waals surface area (Å²) < 4.78 is 4.83. The van der Waals surface area contributed by atoms with Crippen molar-refractivity contribution in [3.05, 3.63) is 28.8 Å². The summed E-state index contributed by atoms with van der Waals surface area (Å²) in [5.41, 5.74) is 3.08. The van der Waals surface area contributed by atoms with Gasteiger partial charge in [0.25, 0.3) is 0 Å². The summed E-state index contributed by atoms with van der Waals surface area (Å²) in [7, 11) is 0. The number of rotatable bonds is 2. The summed E-state index contributed by atoms with van der Waals surface area (Å²) >= 11 is 0. The number of aryl methyl sites for hydroxylation is 2. The molecule has 2 nitrogen and oxygen atoms in total. The molecule has 0 radical (unpaired) electrons. The molecule has 1 rings (SSSR count). The van der Waals surface area contributed by atoms with Crippen LogP contribution in [0.15, 0.2) is 12.1 Å². The molecule has 0 aromatic heterocycles. The first kappa shape index (κ1) is 14.0. The molecule has 0 unspecified atom stereocenters. The lowest BCUT2D eigenvalue weighted by Gasteiger charge is -2.04. The highest BCUT2D eigenvalue weighted by Crippen LogP contribution is 2.23. The zero-order chi connectivity index (χ0) is 11.8. The number of phenolic OH excluding ortho intramolecular Hbond substituents is 1. The molecule has 0 heterocycles. The molecule has 0 fully saturated rings. The average molecular weight is 210 g/mol. The Morgan fingerprint density at radius 3 is 1.80 bits per heavy atom. The predicted octanol–water partition coefficient (Wildman–Crippen LogP) is 3.36. The quantitative estimate of drug-likeness (QED) is 0.811. The van der Waals surface area contributed by atoms with Gasteiger partial charge in [-0.2, -0.15) is 0 Å². The maximum absolute atomic E-state index is 9.39. The lowest BCUT2D eigenvalue weighted by molar-refractivity contribution is 0.162. The van der Waals surface area contributed by atoms with Gasteiger partial charge in [-0.3, -0.25) is 0 Å². The summed E-state index contributed by atoms with van der Waals surface area (Å²) in [5.74, 6) is 0.431. The van der Waals surface area contributed by atoms with Gasteiger partial charge in [0.05, 0.1) is 0 Å². The molecule has 0 saturated heterocycles. The van der Waals surface area contributed by atoms with E-state index in [1.165, 1.54) is 0 Å². The fourth-order valence-corrected chi connectivity index (χ4v) is 1.14. The highest BCUT2D eigenvalue weighted by molar-refractivity contribution is 5.43. The van der Waals surface area contributed by atoms with E-state index in [-0.39, 0.29) is 0 Å². The predicted molar refractivity (Wildman–Crippen MR) is 64.5 cm³/mol. The van der Waals surface area contributed by atoms with Crippen molar-refractivity contribution < 1.29 is 9.84 Å². The van der Waals surface area contributed by atoms with Crippen LogP contribution < -0.4 is 0 Å². The molecule has 0 atom stereocenters. The van der Waals surface area contributed by atoms with Gasteiger partial charge >= 0.3 is 0 Å². The second kappa shape index (κ2) is 7.30. The Bertz CT molecular complexity index is 264. The molecular weight excluding hydrogens is 188 g/mol. The normalized spacial score (nSPS) is 9.40. The van der Waals surface area contributed by atoms with Crippen molar-refractivity contribution in [3.8, 4) is 5.75 Å². The van der Waals surface area contributed by atoms with E-state index in [0.29, 0.717) is 5.75 Å². The fraction of sp³-hybridized carbons (Fsp3) is 0.538. The van der Waals surface area contributed by atoms with Crippen LogP contribution in [-0.4, -0.2) is 18.3 Å². The molecule has 0 aliphatic rings. The third-order valence-electron chi connectivity index (χ3n) is 2.31. The Hall–Kier alpha value is -1.02. The summed E-state index contributed by atoms with van der Waals surface area (Å²) in [5, 5.41) is 9.39. The SMILES string of the molecule is CCOCC.Cc1ccc(C)c(O)c1C. The lowest BCUT2D eigenvalue weighted by Crippen LogP contribution is -1.84. The van der Waals surface area contributed by atoms with Crippen molar-refractivity contribution in [2.75, 3.05) is 13.2 Å². The van der Waals surface area contributed by atoms with Crippen LogP contribution in [-0.2, 0) is 4.74 Å². The van der Waals surface area contributed by atoms with Gasteiger partial charge in [-0.25, -0.2) is 0 Å². The molecule has 0 bridgehead atoms. The third kappa shape index (κ3) is 4.84. The average Bonchev–Trinajstić information content (AvgIpc) is 2.23. The molecule has 1 N–H and O–H groups in total. The van der Waals surface area contributed by atoms with Crippen molar-refractivity contribution in [2.24, 2.45) is 0 Å². The van der Waals surface area contributed by atoms with E-state index in [2.05, 4.69) is 0 Å². The largest absolute Gasteiger partial charge is 0.507 e.